The van der Waals surface area contributed by atoms with E-state index >= 15 is 0 Å². The lowest BCUT2D eigenvalue weighted by Crippen LogP contribution is -2.41. The van der Waals surface area contributed by atoms with Crippen molar-refractivity contribution in [2.45, 2.75) is 6.42 Å². The molecule has 0 aromatic heterocycles. The van der Waals surface area contributed by atoms with Crippen LogP contribution in [-0.4, -0.2) is 23.3 Å². The average molecular weight is 251 g/mol. The van der Waals surface area contributed by atoms with Gasteiger partial charge in [-0.05, 0) is 30.2 Å². The average Bonchev–Trinajstić information content (AvgIpc) is 2.48. The molecule has 0 N–H and O–H groups in total. The smallest absolute Gasteiger partial charge is 0.261 e. The monoisotopic (exact) mass is 251 g/mol. The predicted octanol–water partition coefficient (Wildman–Crippen LogP) is 2.53. The van der Waals surface area contributed by atoms with Gasteiger partial charge < -0.3 is 0 Å². The first-order valence-corrected chi connectivity index (χ1v) is 6.26. The number of fused-ring (bicyclic) bond motifs is 1. The fourth-order valence-electron chi connectivity index (χ4n) is 2.36. The van der Waals surface area contributed by atoms with Gasteiger partial charge in [-0.1, -0.05) is 36.4 Å². The minimum Gasteiger partial charge on any atom is -0.274 e. The molecule has 0 unspecified atom stereocenters. The van der Waals surface area contributed by atoms with Gasteiger partial charge in [-0.15, -0.1) is 0 Å². The molecule has 1 aliphatic heterocycles. The second kappa shape index (κ2) is 4.69. The summed E-state index contributed by atoms with van der Waals surface area (Å²) in [5.74, 6) is -0.421. The van der Waals surface area contributed by atoms with Crippen molar-refractivity contribution in [3.8, 4) is 0 Å². The molecule has 3 nitrogen and oxygen atoms in total. The van der Waals surface area contributed by atoms with Crippen LogP contribution in [-0.2, 0) is 6.42 Å². The second-order valence-electron chi connectivity index (χ2n) is 4.54. The van der Waals surface area contributed by atoms with E-state index in [4.69, 9.17) is 0 Å². The van der Waals surface area contributed by atoms with Crippen LogP contribution in [0.15, 0.2) is 54.6 Å². The molecule has 1 heterocycles. The zero-order valence-corrected chi connectivity index (χ0v) is 10.4. The maximum Gasteiger partial charge on any atom is 0.261 e. The third-order valence-corrected chi connectivity index (χ3v) is 3.36. The van der Waals surface area contributed by atoms with Crippen LogP contribution in [0.3, 0.4) is 0 Å². The zero-order valence-electron chi connectivity index (χ0n) is 10.4. The number of rotatable bonds is 1. The molecular formula is C16H13NO2. The summed E-state index contributed by atoms with van der Waals surface area (Å²) in [6.07, 6.45) is 0.723. The van der Waals surface area contributed by atoms with Gasteiger partial charge >= 0.3 is 0 Å². The Balaban J connectivity index is 1.93. The Bertz CT molecular complexity index is 634. The molecule has 2 aromatic rings. The summed E-state index contributed by atoms with van der Waals surface area (Å²) < 4.78 is 0. The highest BCUT2D eigenvalue weighted by Crippen LogP contribution is 2.20. The molecule has 2 aromatic carbocycles. The number of hydrogen-bond acceptors (Lipinski definition) is 2. The SMILES string of the molecule is O=C(c1ccccc1)N1CCc2ccccc2C1=O. The Kier molecular flexibility index (Phi) is 2.88. The number of hydrogen-bond donors (Lipinski definition) is 0. The van der Waals surface area contributed by atoms with Crippen LogP contribution in [0.2, 0.25) is 0 Å². The maximum absolute atomic E-state index is 12.3. The number of carbonyl (C=O) groups excluding carboxylic acids is 2. The molecule has 19 heavy (non-hydrogen) atoms. The molecule has 94 valence electrons. The summed E-state index contributed by atoms with van der Waals surface area (Å²) >= 11 is 0. The van der Waals surface area contributed by atoms with Crippen molar-refractivity contribution in [3.63, 3.8) is 0 Å². The lowest BCUT2D eigenvalue weighted by Gasteiger charge is -2.26. The minimum atomic E-state index is -0.222. The summed E-state index contributed by atoms with van der Waals surface area (Å²) in [7, 11) is 0. The topological polar surface area (TPSA) is 37.4 Å². The van der Waals surface area contributed by atoms with Gasteiger partial charge in [-0.2, -0.15) is 0 Å². The van der Waals surface area contributed by atoms with E-state index in [1.54, 1.807) is 30.3 Å². The van der Waals surface area contributed by atoms with Crippen LogP contribution in [0, 0.1) is 0 Å². The molecule has 0 saturated heterocycles. The van der Waals surface area contributed by atoms with E-state index in [2.05, 4.69) is 0 Å². The van der Waals surface area contributed by atoms with Crippen molar-refractivity contribution in [2.24, 2.45) is 0 Å². The number of nitrogens with zero attached hydrogens (tertiary/aromatic N) is 1. The maximum atomic E-state index is 12.3. The van der Waals surface area contributed by atoms with Gasteiger partial charge in [0.25, 0.3) is 11.8 Å². The van der Waals surface area contributed by atoms with E-state index in [9.17, 15) is 9.59 Å². The molecule has 0 aliphatic carbocycles. The Morgan fingerprint density at radius 1 is 0.947 bits per heavy atom. The van der Waals surface area contributed by atoms with Crippen molar-refractivity contribution in [1.82, 2.24) is 4.90 Å². The summed E-state index contributed by atoms with van der Waals surface area (Å²) in [5.41, 5.74) is 2.21. The van der Waals surface area contributed by atoms with Gasteiger partial charge in [0.2, 0.25) is 0 Å². The molecule has 1 aliphatic rings. The van der Waals surface area contributed by atoms with Gasteiger partial charge in [0.05, 0.1) is 0 Å². The highest BCUT2D eigenvalue weighted by atomic mass is 16.2. The largest absolute Gasteiger partial charge is 0.274 e. The van der Waals surface area contributed by atoms with Gasteiger partial charge in [0, 0.05) is 17.7 Å². The van der Waals surface area contributed by atoms with Gasteiger partial charge in [0.15, 0.2) is 0 Å². The molecule has 0 atom stereocenters. The normalized spacial score (nSPS) is 14.1. The van der Waals surface area contributed by atoms with Crippen molar-refractivity contribution < 1.29 is 9.59 Å². The Morgan fingerprint density at radius 3 is 2.42 bits per heavy atom. The fourth-order valence-corrected chi connectivity index (χ4v) is 2.36. The van der Waals surface area contributed by atoms with E-state index in [0.29, 0.717) is 17.7 Å². The number of benzene rings is 2. The van der Waals surface area contributed by atoms with Crippen LogP contribution in [0.5, 0.6) is 0 Å². The molecule has 0 spiro atoms. The molecule has 0 fully saturated rings. The number of amides is 2. The Labute approximate surface area is 111 Å². The lowest BCUT2D eigenvalue weighted by molar-refractivity contribution is 0.0605. The van der Waals surface area contributed by atoms with Crippen LogP contribution in [0.25, 0.3) is 0 Å². The molecule has 3 heteroatoms. The van der Waals surface area contributed by atoms with Gasteiger partial charge in [-0.3, -0.25) is 14.5 Å². The molecular weight excluding hydrogens is 238 g/mol. The quantitative estimate of drug-likeness (QED) is 0.730. The third kappa shape index (κ3) is 2.03. The minimum absolute atomic E-state index is 0.198. The standard InChI is InChI=1S/C16H13NO2/c18-15(13-7-2-1-3-8-13)17-11-10-12-6-4-5-9-14(12)16(17)19/h1-9H,10-11H2. The molecule has 0 bridgehead atoms. The van der Waals surface area contributed by atoms with E-state index in [-0.39, 0.29) is 11.8 Å². The number of imide groups is 1. The first-order chi connectivity index (χ1) is 9.27. The van der Waals surface area contributed by atoms with Crippen molar-refractivity contribution in [2.75, 3.05) is 6.54 Å². The van der Waals surface area contributed by atoms with Crippen LogP contribution in [0.1, 0.15) is 26.3 Å². The highest BCUT2D eigenvalue weighted by molar-refractivity contribution is 6.11. The highest BCUT2D eigenvalue weighted by Gasteiger charge is 2.29. The fraction of sp³-hybridized carbons (Fsp3) is 0.125. The van der Waals surface area contributed by atoms with Crippen molar-refractivity contribution in [1.29, 1.82) is 0 Å². The van der Waals surface area contributed by atoms with Gasteiger partial charge in [-0.25, -0.2) is 0 Å². The molecule has 0 radical (unpaired) electrons. The Morgan fingerprint density at radius 2 is 1.63 bits per heavy atom. The summed E-state index contributed by atoms with van der Waals surface area (Å²) in [6, 6.07) is 16.4. The summed E-state index contributed by atoms with van der Waals surface area (Å²) in [5, 5.41) is 0. The molecule has 3 rings (SSSR count). The predicted molar refractivity (Wildman–Crippen MR) is 72.0 cm³/mol. The van der Waals surface area contributed by atoms with Crippen molar-refractivity contribution >= 4 is 11.8 Å². The van der Waals surface area contributed by atoms with E-state index in [0.717, 1.165) is 12.0 Å². The van der Waals surface area contributed by atoms with E-state index in [1.807, 2.05) is 24.3 Å². The van der Waals surface area contributed by atoms with Crippen molar-refractivity contribution in [3.05, 3.63) is 71.3 Å². The molecule has 0 saturated carbocycles. The van der Waals surface area contributed by atoms with Crippen LogP contribution < -0.4 is 0 Å². The van der Waals surface area contributed by atoms with E-state index < -0.39 is 0 Å². The Hall–Kier alpha value is -2.42. The summed E-state index contributed by atoms with van der Waals surface area (Å²) in [4.78, 5) is 26.0. The second-order valence-corrected chi connectivity index (χ2v) is 4.54. The van der Waals surface area contributed by atoms with Gasteiger partial charge in [0.1, 0.15) is 0 Å². The van der Waals surface area contributed by atoms with Crippen LogP contribution >= 0.6 is 0 Å². The zero-order chi connectivity index (χ0) is 13.2. The third-order valence-electron chi connectivity index (χ3n) is 3.36. The number of carbonyl (C=O) groups is 2. The summed E-state index contributed by atoms with van der Waals surface area (Å²) in [6.45, 7) is 0.448. The lowest BCUT2D eigenvalue weighted by atomic mass is 9.98. The first-order valence-electron chi connectivity index (χ1n) is 6.26. The van der Waals surface area contributed by atoms with E-state index in [1.165, 1.54) is 4.90 Å². The van der Waals surface area contributed by atoms with Crippen LogP contribution in [0.4, 0.5) is 0 Å². The first kappa shape index (κ1) is 11.7. The molecule has 2 amide bonds.